The van der Waals surface area contributed by atoms with Gasteiger partial charge in [0.1, 0.15) is 4.53 Å². The van der Waals surface area contributed by atoms with Gasteiger partial charge in [0.15, 0.2) is 4.80 Å². The molecule has 0 radical (unpaired) electrons. The summed E-state index contributed by atoms with van der Waals surface area (Å²) in [6.45, 7) is 3.63. The van der Waals surface area contributed by atoms with Gasteiger partial charge in [-0.1, -0.05) is 51.0 Å². The Kier molecular flexibility index (Phi) is 6.03. The van der Waals surface area contributed by atoms with Gasteiger partial charge in [0.05, 0.1) is 35.2 Å². The first-order chi connectivity index (χ1) is 16.7. The van der Waals surface area contributed by atoms with Gasteiger partial charge in [0.25, 0.3) is 11.5 Å². The summed E-state index contributed by atoms with van der Waals surface area (Å²) in [5, 5.41) is 0.531. The third-order valence-electron chi connectivity index (χ3n) is 6.01. The normalized spacial score (nSPS) is 18.4. The molecule has 2 aliphatic heterocycles. The number of anilines is 1. The molecule has 35 heavy (non-hydrogen) atoms. The first-order valence-electron chi connectivity index (χ1n) is 10.8. The van der Waals surface area contributed by atoms with Crippen LogP contribution in [0.15, 0.2) is 68.0 Å². The van der Waals surface area contributed by atoms with E-state index in [-0.39, 0.29) is 22.6 Å². The Morgan fingerprint density at radius 1 is 1.20 bits per heavy atom. The standard InChI is InChI=1S/C25H19BrClN3O4S/c1-4-34-24(33)18-12(2)28-25-30(20(18)13-5-8-15(27)9-6-13)23(32)21(35-25)19-16-11-14(26)7-10-17(16)29(3)22(19)31/h5-11,20H,4H2,1-3H3/b21-19-/t20-/m0/s1. The number of allylic oxidation sites excluding steroid dienone is 1. The van der Waals surface area contributed by atoms with Gasteiger partial charge >= 0.3 is 5.97 Å². The van der Waals surface area contributed by atoms with Crippen LogP contribution < -0.4 is 19.8 Å². The lowest BCUT2D eigenvalue weighted by atomic mass is 9.96. The van der Waals surface area contributed by atoms with E-state index in [0.717, 1.165) is 21.5 Å². The summed E-state index contributed by atoms with van der Waals surface area (Å²) in [5.41, 5.74) is 2.73. The van der Waals surface area contributed by atoms with Crippen molar-refractivity contribution in [3.8, 4) is 0 Å². The van der Waals surface area contributed by atoms with Crippen LogP contribution in [0.2, 0.25) is 5.02 Å². The quantitative estimate of drug-likeness (QED) is 0.450. The fourth-order valence-electron chi connectivity index (χ4n) is 4.42. The van der Waals surface area contributed by atoms with E-state index in [1.165, 1.54) is 9.47 Å². The molecule has 0 bridgehead atoms. The first-order valence-corrected chi connectivity index (χ1v) is 12.8. The van der Waals surface area contributed by atoms with E-state index in [4.69, 9.17) is 16.3 Å². The zero-order valence-corrected chi connectivity index (χ0v) is 22.1. The van der Waals surface area contributed by atoms with Crippen LogP contribution in [-0.4, -0.2) is 30.1 Å². The molecule has 3 heterocycles. The molecule has 0 fully saturated rings. The molecular formula is C25H19BrClN3O4S. The van der Waals surface area contributed by atoms with Crippen molar-refractivity contribution >= 4 is 62.0 Å². The Balaban J connectivity index is 1.84. The van der Waals surface area contributed by atoms with Crippen LogP contribution in [0.3, 0.4) is 0 Å². The smallest absolute Gasteiger partial charge is 0.338 e. The summed E-state index contributed by atoms with van der Waals surface area (Å²) in [4.78, 5) is 46.7. The van der Waals surface area contributed by atoms with Crippen molar-refractivity contribution in [2.75, 3.05) is 18.6 Å². The number of nitrogens with zero attached hydrogens (tertiary/aromatic N) is 3. The number of carbonyl (C=O) groups is 2. The maximum atomic E-state index is 13.9. The summed E-state index contributed by atoms with van der Waals surface area (Å²) < 4.78 is 7.85. The molecule has 0 unspecified atom stereocenters. The van der Waals surface area contributed by atoms with E-state index < -0.39 is 17.6 Å². The highest BCUT2D eigenvalue weighted by Crippen LogP contribution is 2.36. The van der Waals surface area contributed by atoms with Crippen molar-refractivity contribution in [1.82, 2.24) is 4.57 Å². The lowest BCUT2D eigenvalue weighted by molar-refractivity contribution is -0.139. The fraction of sp³-hybridized carbons (Fsp3) is 0.200. The molecule has 2 aromatic carbocycles. The molecule has 0 aliphatic carbocycles. The molecule has 5 rings (SSSR count). The number of halogens is 2. The second kappa shape index (κ2) is 8.89. The van der Waals surface area contributed by atoms with Crippen molar-refractivity contribution in [3.05, 3.63) is 94.0 Å². The molecule has 7 nitrogen and oxygen atoms in total. The van der Waals surface area contributed by atoms with Gasteiger partial charge in [-0.2, -0.15) is 0 Å². The number of likely N-dealkylation sites (N-methyl/N-ethyl adjacent to an activating group) is 1. The van der Waals surface area contributed by atoms with Gasteiger partial charge in [0.2, 0.25) is 0 Å². The number of thiazole rings is 1. The van der Waals surface area contributed by atoms with E-state index in [2.05, 4.69) is 20.9 Å². The number of amides is 1. The predicted molar refractivity (Wildman–Crippen MR) is 138 cm³/mol. The highest BCUT2D eigenvalue weighted by molar-refractivity contribution is 9.10. The molecular weight excluding hydrogens is 554 g/mol. The number of rotatable bonds is 3. The number of hydrogen-bond donors (Lipinski definition) is 0. The first kappa shape index (κ1) is 23.7. The molecule has 178 valence electrons. The number of aromatic nitrogens is 1. The summed E-state index contributed by atoms with van der Waals surface area (Å²) >= 11 is 10.7. The molecule has 3 aromatic rings. The highest BCUT2D eigenvalue weighted by atomic mass is 79.9. The summed E-state index contributed by atoms with van der Waals surface area (Å²) in [6, 6.07) is 11.7. The van der Waals surface area contributed by atoms with Crippen LogP contribution in [0.25, 0.3) is 5.57 Å². The minimum Gasteiger partial charge on any atom is -0.463 e. The average molecular weight is 573 g/mol. The van der Waals surface area contributed by atoms with E-state index in [1.54, 1.807) is 45.2 Å². The molecule has 0 spiro atoms. The summed E-state index contributed by atoms with van der Waals surface area (Å²) in [5.74, 6) is -0.814. The number of hydrogen-bond acceptors (Lipinski definition) is 6. The van der Waals surface area contributed by atoms with Gasteiger partial charge in [-0.15, -0.1) is 0 Å². The van der Waals surface area contributed by atoms with E-state index >= 15 is 0 Å². The molecule has 1 aromatic heterocycles. The fourth-order valence-corrected chi connectivity index (χ4v) is 6.04. The van der Waals surface area contributed by atoms with E-state index in [9.17, 15) is 14.4 Å². The van der Waals surface area contributed by atoms with Gasteiger partial charge in [0, 0.05) is 22.1 Å². The zero-order chi connectivity index (χ0) is 25.0. The van der Waals surface area contributed by atoms with Crippen LogP contribution in [0.5, 0.6) is 0 Å². The maximum Gasteiger partial charge on any atom is 0.338 e. The SMILES string of the molecule is CCOC(=O)C1=C(C)N=c2s/c(=C3\C(=O)N(C)c4ccc(Br)cc43)c(=O)n2[C@H]1c1ccc(Cl)cc1. The minimum absolute atomic E-state index is 0.185. The molecule has 2 aliphatic rings. The minimum atomic E-state index is -0.770. The number of carbonyl (C=O) groups excluding carboxylic acids is 2. The number of ether oxygens (including phenoxy) is 1. The topological polar surface area (TPSA) is 81.0 Å². The van der Waals surface area contributed by atoms with Gasteiger partial charge in [-0.25, -0.2) is 9.79 Å². The van der Waals surface area contributed by atoms with E-state index in [0.29, 0.717) is 32.2 Å². The van der Waals surface area contributed by atoms with Crippen molar-refractivity contribution in [1.29, 1.82) is 0 Å². The number of benzene rings is 2. The number of esters is 1. The monoisotopic (exact) mass is 571 g/mol. The molecule has 1 atom stereocenters. The molecule has 0 N–H and O–H groups in total. The van der Waals surface area contributed by atoms with Gasteiger partial charge in [-0.05, 0) is 49.7 Å². The van der Waals surface area contributed by atoms with Crippen LogP contribution >= 0.6 is 38.9 Å². The molecule has 1 amide bonds. The largest absolute Gasteiger partial charge is 0.463 e. The van der Waals surface area contributed by atoms with Gasteiger partial charge in [-0.3, -0.25) is 14.2 Å². The third-order valence-corrected chi connectivity index (χ3v) is 7.81. The second-order valence-corrected chi connectivity index (χ2v) is 10.4. The molecule has 0 saturated heterocycles. The van der Waals surface area contributed by atoms with Crippen LogP contribution in [0.1, 0.15) is 31.0 Å². The van der Waals surface area contributed by atoms with Crippen LogP contribution in [0, 0.1) is 0 Å². The summed E-state index contributed by atoms with van der Waals surface area (Å²) in [6.07, 6.45) is 0. The molecule has 10 heteroatoms. The van der Waals surface area contributed by atoms with Gasteiger partial charge < -0.3 is 9.64 Å². The Labute approximate surface area is 217 Å². The van der Waals surface area contributed by atoms with Crippen molar-refractivity contribution in [3.63, 3.8) is 0 Å². The predicted octanol–water partition coefficient (Wildman–Crippen LogP) is 3.56. The van der Waals surface area contributed by atoms with E-state index in [1.807, 2.05) is 18.2 Å². The maximum absolute atomic E-state index is 13.9. The van der Waals surface area contributed by atoms with Crippen LogP contribution in [-0.2, 0) is 14.3 Å². The number of fused-ring (bicyclic) bond motifs is 2. The Morgan fingerprint density at radius 2 is 1.91 bits per heavy atom. The lowest BCUT2D eigenvalue weighted by Gasteiger charge is -2.24. The molecule has 0 saturated carbocycles. The summed E-state index contributed by atoms with van der Waals surface area (Å²) in [7, 11) is 1.68. The van der Waals surface area contributed by atoms with Crippen LogP contribution in [0.4, 0.5) is 5.69 Å². The lowest BCUT2D eigenvalue weighted by Crippen LogP contribution is -2.40. The average Bonchev–Trinajstić information content (AvgIpc) is 3.26. The highest BCUT2D eigenvalue weighted by Gasteiger charge is 2.36. The zero-order valence-electron chi connectivity index (χ0n) is 19.0. The Bertz CT molecular complexity index is 1620. The van der Waals surface area contributed by atoms with Crippen molar-refractivity contribution in [2.45, 2.75) is 19.9 Å². The third kappa shape index (κ3) is 3.78. The Morgan fingerprint density at radius 3 is 2.60 bits per heavy atom. The van der Waals surface area contributed by atoms with Crippen molar-refractivity contribution < 1.29 is 14.3 Å². The Hall–Kier alpha value is -3.01. The van der Waals surface area contributed by atoms with Crippen molar-refractivity contribution in [2.24, 2.45) is 4.99 Å². The second-order valence-electron chi connectivity index (χ2n) is 8.08.